The monoisotopic (exact) mass is 570 g/mol. The first-order chi connectivity index (χ1) is 16.6. The number of urea groups is 1. The Morgan fingerprint density at radius 3 is 2.17 bits per heavy atom. The number of hydrogen-bond donors (Lipinski definition) is 3. The second kappa shape index (κ2) is 10.3. The van der Waals surface area contributed by atoms with Crippen molar-refractivity contribution in [2.24, 2.45) is 0 Å². The van der Waals surface area contributed by atoms with E-state index in [-0.39, 0.29) is 17.9 Å². The van der Waals surface area contributed by atoms with Gasteiger partial charge in [0.2, 0.25) is 5.91 Å². The molecule has 2 saturated heterocycles. The number of phosphoric ester groups is 1. The third-order valence-electron chi connectivity index (χ3n) is 5.50. The van der Waals surface area contributed by atoms with Gasteiger partial charge in [0.05, 0.1) is 6.61 Å². The van der Waals surface area contributed by atoms with Gasteiger partial charge in [-0.25, -0.2) is 9.36 Å². The van der Waals surface area contributed by atoms with Crippen LogP contribution in [0.1, 0.15) is 13.3 Å². The number of carbonyl (C=O) groups is 2. The second-order valence-corrected chi connectivity index (χ2v) is 11.2. The molecule has 3 amide bonds. The van der Waals surface area contributed by atoms with Crippen LogP contribution in [0.3, 0.4) is 0 Å². The Balaban J connectivity index is 1.57. The first kappa shape index (κ1) is 25.6. The van der Waals surface area contributed by atoms with Gasteiger partial charge in [-0.3, -0.25) is 19.5 Å². The average molecular weight is 571 g/mol. The summed E-state index contributed by atoms with van der Waals surface area (Å²) >= 11 is 3.13. The average Bonchev–Trinajstić information content (AvgIpc) is 3.20. The molecule has 4 rings (SSSR count). The molecule has 0 aliphatic carbocycles. The quantitative estimate of drug-likeness (QED) is 0.322. The summed E-state index contributed by atoms with van der Waals surface area (Å²) in [5.74, 6) is -0.267. The molecule has 2 aliphatic heterocycles. The topological polar surface area (TPSA) is 144 Å². The fourth-order valence-corrected chi connectivity index (χ4v) is 5.41. The Morgan fingerprint density at radius 1 is 1.11 bits per heavy atom. The Labute approximate surface area is 209 Å². The van der Waals surface area contributed by atoms with Crippen LogP contribution in [0.15, 0.2) is 60.7 Å². The van der Waals surface area contributed by atoms with E-state index < -0.39 is 55.4 Å². The van der Waals surface area contributed by atoms with Crippen molar-refractivity contribution < 1.29 is 42.7 Å². The van der Waals surface area contributed by atoms with Crippen molar-refractivity contribution in [1.29, 1.82) is 0 Å². The number of phosphoric acid groups is 1. The van der Waals surface area contributed by atoms with Crippen molar-refractivity contribution in [2.45, 2.75) is 42.3 Å². The van der Waals surface area contributed by atoms with E-state index in [0.29, 0.717) is 0 Å². The minimum Gasteiger partial charge on any atom is -0.395 e. The summed E-state index contributed by atoms with van der Waals surface area (Å²) in [4.78, 5) is 25.5. The van der Waals surface area contributed by atoms with E-state index in [9.17, 15) is 24.4 Å². The van der Waals surface area contributed by atoms with Crippen molar-refractivity contribution >= 4 is 35.7 Å². The van der Waals surface area contributed by atoms with Crippen LogP contribution in [0, 0.1) is 0 Å². The number of hydrogen-bond acceptors (Lipinski definition) is 9. The number of alkyl halides is 1. The predicted octanol–water partition coefficient (Wildman–Crippen LogP) is 2.77. The molecule has 13 heteroatoms. The molecule has 0 spiro atoms. The lowest BCUT2D eigenvalue weighted by Gasteiger charge is -2.42. The van der Waals surface area contributed by atoms with E-state index in [2.05, 4.69) is 21.2 Å². The molecule has 1 unspecified atom stereocenters. The third kappa shape index (κ3) is 5.53. The normalized spacial score (nSPS) is 29.1. The summed E-state index contributed by atoms with van der Waals surface area (Å²) in [7, 11) is -4.33. The SMILES string of the molecule is CC1(Br)C(=O)NC(=O)N([C@H]2C[C@H](OP(=O)(Oc3ccccc3)Oc3ccccc3)[C@@H](CO)O2)[C@@H]1O. The van der Waals surface area contributed by atoms with Gasteiger partial charge in [-0.1, -0.05) is 52.3 Å². The molecule has 11 nitrogen and oxygen atoms in total. The van der Waals surface area contributed by atoms with Gasteiger partial charge < -0.3 is 24.0 Å². The largest absolute Gasteiger partial charge is 0.587 e. The van der Waals surface area contributed by atoms with Crippen molar-refractivity contribution in [1.82, 2.24) is 10.2 Å². The van der Waals surface area contributed by atoms with Crippen LogP contribution >= 0.6 is 23.8 Å². The number of carbonyl (C=O) groups excluding carboxylic acids is 2. The summed E-state index contributed by atoms with van der Waals surface area (Å²) in [6.45, 7) is 0.850. The van der Waals surface area contributed by atoms with Crippen LogP contribution < -0.4 is 14.4 Å². The van der Waals surface area contributed by atoms with Gasteiger partial charge in [-0.15, -0.1) is 0 Å². The smallest absolute Gasteiger partial charge is 0.395 e. The van der Waals surface area contributed by atoms with Gasteiger partial charge in [0.25, 0.3) is 0 Å². The number of amides is 3. The predicted molar refractivity (Wildman–Crippen MR) is 126 cm³/mol. The van der Waals surface area contributed by atoms with Crippen LogP contribution in [-0.2, 0) is 18.6 Å². The summed E-state index contributed by atoms with van der Waals surface area (Å²) in [5, 5.41) is 22.7. The van der Waals surface area contributed by atoms with Crippen LogP contribution in [0.4, 0.5) is 4.79 Å². The zero-order valence-electron chi connectivity index (χ0n) is 18.5. The van der Waals surface area contributed by atoms with Gasteiger partial charge in [-0.05, 0) is 31.2 Å². The van der Waals surface area contributed by atoms with E-state index in [1.807, 2.05) is 0 Å². The van der Waals surface area contributed by atoms with Crippen LogP contribution in [0.25, 0.3) is 0 Å². The molecule has 2 aliphatic rings. The summed E-state index contributed by atoms with van der Waals surface area (Å²) in [6, 6.07) is 15.7. The molecule has 2 aromatic carbocycles. The molecule has 3 N–H and O–H groups in total. The lowest BCUT2D eigenvalue weighted by Crippen LogP contribution is -2.68. The second-order valence-electron chi connectivity index (χ2n) is 8.06. The highest BCUT2D eigenvalue weighted by Gasteiger charge is 2.54. The number of nitrogens with zero attached hydrogens (tertiary/aromatic N) is 1. The molecule has 5 atom stereocenters. The standard InChI is InChI=1S/C22H24BrN2O9P/c1-22(23)19(27)24-21(29)25(20(22)28)18-12-16(17(13-26)31-18)34-35(30,32-14-8-4-2-5-9-14)33-15-10-6-3-7-11-15/h2-11,16-18,20,26,28H,12-13H2,1H3,(H,24,27,29)/t16-,17+,18+,20+,22?/m0/s1. The Hall–Kier alpha value is -2.47. The van der Waals surface area contributed by atoms with Crippen LogP contribution in [0.5, 0.6) is 11.5 Å². The van der Waals surface area contributed by atoms with E-state index in [1.54, 1.807) is 60.7 Å². The molecule has 35 heavy (non-hydrogen) atoms. The fourth-order valence-electron chi connectivity index (χ4n) is 3.66. The van der Waals surface area contributed by atoms with E-state index >= 15 is 0 Å². The van der Waals surface area contributed by atoms with Gasteiger partial charge in [0.1, 0.15) is 34.3 Å². The van der Waals surface area contributed by atoms with Gasteiger partial charge in [0.15, 0.2) is 6.23 Å². The number of rotatable bonds is 8. The zero-order chi connectivity index (χ0) is 25.2. The maximum absolute atomic E-state index is 13.7. The van der Waals surface area contributed by atoms with E-state index in [1.165, 1.54) is 6.92 Å². The highest BCUT2D eigenvalue weighted by Crippen LogP contribution is 2.52. The molecule has 2 heterocycles. The number of imide groups is 1. The van der Waals surface area contributed by atoms with Gasteiger partial charge in [0, 0.05) is 6.42 Å². The minimum atomic E-state index is -4.33. The Kier molecular flexibility index (Phi) is 7.51. The maximum atomic E-state index is 13.7. The van der Waals surface area contributed by atoms with Crippen molar-refractivity contribution in [3.05, 3.63) is 60.7 Å². The van der Waals surface area contributed by atoms with Gasteiger partial charge in [-0.2, -0.15) is 0 Å². The van der Waals surface area contributed by atoms with E-state index in [0.717, 1.165) is 4.90 Å². The molecule has 2 fully saturated rings. The fraction of sp³-hybridized carbons (Fsp3) is 0.364. The number of para-hydroxylation sites is 2. The minimum absolute atomic E-state index is 0.104. The highest BCUT2D eigenvalue weighted by atomic mass is 79.9. The summed E-state index contributed by atoms with van der Waals surface area (Å²) in [6.07, 6.45) is -4.89. The summed E-state index contributed by atoms with van der Waals surface area (Å²) < 4.78 is 35.0. The molecular weight excluding hydrogens is 547 g/mol. The molecule has 0 radical (unpaired) electrons. The van der Waals surface area contributed by atoms with Crippen molar-refractivity contribution in [3.63, 3.8) is 0 Å². The van der Waals surface area contributed by atoms with Crippen LogP contribution in [0.2, 0.25) is 0 Å². The molecular formula is C22H24BrN2O9P. The number of benzene rings is 2. The Morgan fingerprint density at radius 2 is 1.66 bits per heavy atom. The number of aliphatic hydroxyl groups excluding tert-OH is 2. The number of ether oxygens (including phenoxy) is 1. The van der Waals surface area contributed by atoms with Crippen LogP contribution in [-0.4, -0.2) is 62.6 Å². The maximum Gasteiger partial charge on any atom is 0.587 e. The van der Waals surface area contributed by atoms with E-state index in [4.69, 9.17) is 18.3 Å². The zero-order valence-corrected chi connectivity index (χ0v) is 21.0. The molecule has 0 saturated carbocycles. The lowest BCUT2D eigenvalue weighted by atomic mass is 10.1. The molecule has 188 valence electrons. The number of nitrogens with one attached hydrogen (secondary N) is 1. The van der Waals surface area contributed by atoms with Gasteiger partial charge >= 0.3 is 13.9 Å². The molecule has 0 bridgehead atoms. The highest BCUT2D eigenvalue weighted by molar-refractivity contribution is 9.10. The summed E-state index contributed by atoms with van der Waals surface area (Å²) in [5.41, 5.74) is 0. The first-order valence-electron chi connectivity index (χ1n) is 10.7. The molecule has 0 aromatic heterocycles. The first-order valence-corrected chi connectivity index (χ1v) is 12.9. The number of halogens is 1. The number of aliphatic hydroxyl groups is 2. The third-order valence-corrected chi connectivity index (χ3v) is 7.67. The molecule has 2 aromatic rings. The lowest BCUT2D eigenvalue weighted by molar-refractivity contribution is -0.147. The van der Waals surface area contributed by atoms with Crippen molar-refractivity contribution in [2.75, 3.05) is 6.61 Å². The Bertz CT molecular complexity index is 1060. The van der Waals surface area contributed by atoms with Crippen molar-refractivity contribution in [3.8, 4) is 11.5 Å².